The molecule has 24 heavy (non-hydrogen) atoms. The number of nitrogens with zero attached hydrogens (tertiary/aromatic N) is 4. The van der Waals surface area contributed by atoms with Crippen molar-refractivity contribution in [1.29, 1.82) is 0 Å². The second kappa shape index (κ2) is 7.05. The van der Waals surface area contributed by atoms with Crippen LogP contribution in [0.1, 0.15) is 43.9 Å². The van der Waals surface area contributed by atoms with Crippen molar-refractivity contribution in [2.75, 3.05) is 45.3 Å². The van der Waals surface area contributed by atoms with Gasteiger partial charge in [0, 0.05) is 45.4 Å². The van der Waals surface area contributed by atoms with E-state index >= 15 is 0 Å². The number of piperidine rings is 1. The molecule has 2 aliphatic rings. The summed E-state index contributed by atoms with van der Waals surface area (Å²) < 4.78 is 5.34. The minimum Gasteiger partial charge on any atom is -0.381 e. The normalized spacial score (nSPS) is 22.7. The summed E-state index contributed by atoms with van der Waals surface area (Å²) >= 11 is 0. The number of hydrogen-bond donors (Lipinski definition) is 0. The number of aryl methyl sites for hydroxylation is 1. The highest BCUT2D eigenvalue weighted by molar-refractivity contribution is 5.76. The Balaban J connectivity index is 1.77. The molecule has 6 heteroatoms. The lowest BCUT2D eigenvalue weighted by molar-refractivity contribution is -0.134. The van der Waals surface area contributed by atoms with E-state index in [4.69, 9.17) is 9.72 Å². The van der Waals surface area contributed by atoms with Gasteiger partial charge in [0.1, 0.15) is 0 Å². The largest absolute Gasteiger partial charge is 0.381 e. The third-order valence-electron chi connectivity index (χ3n) is 5.22. The molecule has 0 saturated carbocycles. The lowest BCUT2D eigenvalue weighted by Crippen LogP contribution is -2.48. The average molecular weight is 332 g/mol. The fourth-order valence-electron chi connectivity index (χ4n) is 3.95. The van der Waals surface area contributed by atoms with Crippen LogP contribution in [0.5, 0.6) is 0 Å². The quantitative estimate of drug-likeness (QED) is 0.769. The third kappa shape index (κ3) is 3.24. The zero-order chi connectivity index (χ0) is 17.2. The molecule has 0 aromatic carbocycles. The summed E-state index contributed by atoms with van der Waals surface area (Å²) in [5, 5.41) is 0. The van der Waals surface area contributed by atoms with E-state index in [1.165, 1.54) is 11.3 Å². The number of likely N-dealkylation sites (tertiary alicyclic amines) is 1. The van der Waals surface area contributed by atoms with Crippen LogP contribution in [-0.4, -0.2) is 61.2 Å². The molecular weight excluding hydrogens is 304 g/mol. The van der Waals surface area contributed by atoms with Crippen LogP contribution in [0.4, 0.5) is 5.95 Å². The van der Waals surface area contributed by atoms with E-state index in [9.17, 15) is 4.79 Å². The molecule has 1 amide bonds. The summed E-state index contributed by atoms with van der Waals surface area (Å²) in [5.74, 6) is 0.965. The minimum atomic E-state index is 0.0164. The van der Waals surface area contributed by atoms with Crippen molar-refractivity contribution in [2.45, 2.75) is 44.4 Å². The van der Waals surface area contributed by atoms with Crippen LogP contribution in [0, 0.1) is 0 Å². The summed E-state index contributed by atoms with van der Waals surface area (Å²) in [6, 6.07) is 0. The molecule has 1 aliphatic carbocycles. The van der Waals surface area contributed by atoms with Gasteiger partial charge in [-0.25, -0.2) is 9.97 Å². The maximum atomic E-state index is 12.5. The molecule has 3 rings (SSSR count). The first-order valence-corrected chi connectivity index (χ1v) is 8.95. The van der Waals surface area contributed by atoms with Crippen molar-refractivity contribution in [2.24, 2.45) is 0 Å². The molecule has 0 radical (unpaired) electrons. The Morgan fingerprint density at radius 3 is 3.00 bits per heavy atom. The Morgan fingerprint density at radius 1 is 1.42 bits per heavy atom. The van der Waals surface area contributed by atoms with Crippen molar-refractivity contribution >= 4 is 11.9 Å². The highest BCUT2D eigenvalue weighted by Crippen LogP contribution is 2.44. The molecule has 2 heterocycles. The first-order valence-electron chi connectivity index (χ1n) is 8.95. The number of fused-ring (bicyclic) bond motifs is 2. The lowest BCUT2D eigenvalue weighted by atomic mass is 9.77. The fraction of sp³-hybridized carbons (Fsp3) is 0.722. The summed E-state index contributed by atoms with van der Waals surface area (Å²) in [4.78, 5) is 25.8. The number of rotatable bonds is 5. The summed E-state index contributed by atoms with van der Waals surface area (Å²) in [6.07, 6.45) is 6.69. The molecular formula is C18H28N4O2. The van der Waals surface area contributed by atoms with E-state index in [0.29, 0.717) is 19.6 Å². The Kier molecular flexibility index (Phi) is 5.04. The number of carbonyl (C=O) groups excluding carboxylic acids is 1. The average Bonchev–Trinajstić information content (AvgIpc) is 2.92. The predicted molar refractivity (Wildman–Crippen MR) is 93.3 cm³/mol. The number of hydrogen-bond acceptors (Lipinski definition) is 5. The molecule has 1 aliphatic heterocycles. The lowest BCUT2D eigenvalue weighted by Gasteiger charge is -2.40. The van der Waals surface area contributed by atoms with Gasteiger partial charge in [0.15, 0.2) is 0 Å². The first kappa shape index (κ1) is 17.1. The van der Waals surface area contributed by atoms with Crippen molar-refractivity contribution in [3.05, 3.63) is 17.5 Å². The third-order valence-corrected chi connectivity index (χ3v) is 5.22. The summed E-state index contributed by atoms with van der Waals surface area (Å²) in [6.45, 7) is 4.78. The molecule has 1 saturated heterocycles. The fourth-order valence-corrected chi connectivity index (χ4v) is 3.95. The molecule has 132 valence electrons. The highest BCUT2D eigenvalue weighted by atomic mass is 16.5. The number of carbonyl (C=O) groups is 1. The highest BCUT2D eigenvalue weighted by Gasteiger charge is 2.44. The zero-order valence-electron chi connectivity index (χ0n) is 15.0. The summed E-state index contributed by atoms with van der Waals surface area (Å²) in [7, 11) is 3.93. The maximum Gasteiger partial charge on any atom is 0.225 e. The Bertz CT molecular complexity index is 601. The molecule has 0 bridgehead atoms. The first-order chi connectivity index (χ1) is 11.6. The number of amides is 1. The minimum absolute atomic E-state index is 0.0164. The smallest absolute Gasteiger partial charge is 0.225 e. The van der Waals surface area contributed by atoms with E-state index in [1.807, 2.05) is 37.0 Å². The van der Waals surface area contributed by atoms with Crippen LogP contribution >= 0.6 is 0 Å². The molecule has 1 atom stereocenters. The van der Waals surface area contributed by atoms with Crippen LogP contribution in [0.25, 0.3) is 0 Å². The van der Waals surface area contributed by atoms with Gasteiger partial charge in [-0.3, -0.25) is 4.79 Å². The Morgan fingerprint density at radius 2 is 2.25 bits per heavy atom. The van der Waals surface area contributed by atoms with Gasteiger partial charge in [-0.15, -0.1) is 0 Å². The number of anilines is 1. The monoisotopic (exact) mass is 332 g/mol. The van der Waals surface area contributed by atoms with Gasteiger partial charge in [-0.1, -0.05) is 0 Å². The van der Waals surface area contributed by atoms with Gasteiger partial charge in [-0.05, 0) is 38.2 Å². The zero-order valence-corrected chi connectivity index (χ0v) is 15.0. The maximum absolute atomic E-state index is 12.5. The van der Waals surface area contributed by atoms with Crippen LogP contribution in [0.3, 0.4) is 0 Å². The molecule has 1 fully saturated rings. The van der Waals surface area contributed by atoms with Gasteiger partial charge in [0.25, 0.3) is 0 Å². The van der Waals surface area contributed by atoms with Gasteiger partial charge >= 0.3 is 0 Å². The second-order valence-electron chi connectivity index (χ2n) is 7.08. The van der Waals surface area contributed by atoms with E-state index in [-0.39, 0.29) is 11.3 Å². The van der Waals surface area contributed by atoms with Crippen molar-refractivity contribution in [3.8, 4) is 0 Å². The Hall–Kier alpha value is -1.69. The van der Waals surface area contributed by atoms with Crippen molar-refractivity contribution < 1.29 is 9.53 Å². The topological polar surface area (TPSA) is 58.6 Å². The number of aromatic nitrogens is 2. The molecule has 6 nitrogen and oxygen atoms in total. The van der Waals surface area contributed by atoms with E-state index in [0.717, 1.165) is 44.7 Å². The predicted octanol–water partition coefficient (Wildman–Crippen LogP) is 1.78. The van der Waals surface area contributed by atoms with E-state index in [2.05, 4.69) is 4.98 Å². The second-order valence-corrected chi connectivity index (χ2v) is 7.08. The van der Waals surface area contributed by atoms with Crippen molar-refractivity contribution in [3.63, 3.8) is 0 Å². The van der Waals surface area contributed by atoms with Gasteiger partial charge in [0.2, 0.25) is 11.9 Å². The molecule has 1 aromatic heterocycles. The van der Waals surface area contributed by atoms with Gasteiger partial charge < -0.3 is 14.5 Å². The summed E-state index contributed by atoms with van der Waals surface area (Å²) in [5.41, 5.74) is 2.44. The molecule has 1 spiro atoms. The SMILES string of the molecule is CCOCCC(=O)N1CCCC2(CCc3cnc(N(C)C)nc32)C1. The van der Waals surface area contributed by atoms with E-state index in [1.54, 1.807) is 0 Å². The molecule has 0 N–H and O–H groups in total. The van der Waals surface area contributed by atoms with Crippen LogP contribution in [-0.2, 0) is 21.4 Å². The van der Waals surface area contributed by atoms with Crippen molar-refractivity contribution in [1.82, 2.24) is 14.9 Å². The van der Waals surface area contributed by atoms with Crippen LogP contribution in [0.2, 0.25) is 0 Å². The van der Waals surface area contributed by atoms with Gasteiger partial charge in [0.05, 0.1) is 18.7 Å². The molecule has 1 unspecified atom stereocenters. The standard InChI is InChI=1S/C18H28N4O2/c1-4-24-11-7-15(23)22-10-5-8-18(13-22)9-6-14-12-19-17(21(2)3)20-16(14)18/h12H,4-11,13H2,1-3H3. The molecule has 1 aromatic rings. The Labute approximate surface area is 144 Å². The van der Waals surface area contributed by atoms with E-state index < -0.39 is 0 Å². The van der Waals surface area contributed by atoms with Gasteiger partial charge in [-0.2, -0.15) is 0 Å². The number of ether oxygens (including phenoxy) is 1. The van der Waals surface area contributed by atoms with Crippen LogP contribution in [0.15, 0.2) is 6.20 Å². The van der Waals surface area contributed by atoms with Crippen LogP contribution < -0.4 is 4.90 Å².